The average Bonchev–Trinajstić information content (AvgIpc) is 2.58. The molecule has 0 spiro atoms. The SMILES string of the molecule is COc1ccc2cc([C@H](C)C(=O)NC(C)(C)CCC(=O)O)ccc2c1. The van der Waals surface area contributed by atoms with Gasteiger partial charge in [-0.15, -0.1) is 0 Å². The van der Waals surface area contributed by atoms with E-state index in [1.807, 2.05) is 57.2 Å². The lowest BCUT2D eigenvalue weighted by atomic mass is 9.93. The maximum absolute atomic E-state index is 12.6. The first-order valence-corrected chi connectivity index (χ1v) is 8.33. The van der Waals surface area contributed by atoms with E-state index in [1.165, 1.54) is 0 Å². The van der Waals surface area contributed by atoms with E-state index in [-0.39, 0.29) is 18.2 Å². The van der Waals surface area contributed by atoms with Gasteiger partial charge in [0.25, 0.3) is 0 Å². The molecule has 0 saturated carbocycles. The monoisotopic (exact) mass is 343 g/mol. The number of benzene rings is 2. The number of carboxylic acid groups (broad SMARTS) is 1. The number of hydrogen-bond acceptors (Lipinski definition) is 3. The Hall–Kier alpha value is -2.56. The number of rotatable bonds is 7. The molecule has 0 heterocycles. The normalized spacial score (nSPS) is 12.6. The highest BCUT2D eigenvalue weighted by Gasteiger charge is 2.25. The molecule has 0 bridgehead atoms. The molecule has 0 aliphatic carbocycles. The van der Waals surface area contributed by atoms with E-state index in [2.05, 4.69) is 5.32 Å². The summed E-state index contributed by atoms with van der Waals surface area (Å²) in [5.74, 6) is -0.495. The summed E-state index contributed by atoms with van der Waals surface area (Å²) in [6.45, 7) is 5.54. The van der Waals surface area contributed by atoms with Crippen LogP contribution < -0.4 is 10.1 Å². The quantitative estimate of drug-likeness (QED) is 0.803. The first kappa shape index (κ1) is 18.8. The second-order valence-corrected chi connectivity index (χ2v) is 6.96. The topological polar surface area (TPSA) is 75.6 Å². The average molecular weight is 343 g/mol. The summed E-state index contributed by atoms with van der Waals surface area (Å²) in [6.07, 6.45) is 0.414. The van der Waals surface area contributed by atoms with E-state index in [4.69, 9.17) is 9.84 Å². The third-order valence-corrected chi connectivity index (χ3v) is 4.39. The van der Waals surface area contributed by atoms with Crippen LogP contribution in [-0.4, -0.2) is 29.6 Å². The van der Waals surface area contributed by atoms with Crippen molar-refractivity contribution < 1.29 is 19.4 Å². The predicted octanol–water partition coefficient (Wildman–Crippen LogP) is 3.71. The van der Waals surface area contributed by atoms with Crippen molar-refractivity contribution in [1.82, 2.24) is 5.32 Å². The lowest BCUT2D eigenvalue weighted by Gasteiger charge is -2.27. The molecule has 2 aromatic rings. The summed E-state index contributed by atoms with van der Waals surface area (Å²) in [6, 6.07) is 11.7. The highest BCUT2D eigenvalue weighted by Crippen LogP contribution is 2.26. The Balaban J connectivity index is 2.13. The number of fused-ring (bicyclic) bond motifs is 1. The Morgan fingerprint density at radius 2 is 1.80 bits per heavy atom. The van der Waals surface area contributed by atoms with Gasteiger partial charge < -0.3 is 15.2 Å². The second kappa shape index (κ2) is 7.55. The molecule has 0 fully saturated rings. The fraction of sp³-hybridized carbons (Fsp3) is 0.400. The van der Waals surface area contributed by atoms with E-state index in [0.29, 0.717) is 6.42 Å². The van der Waals surface area contributed by atoms with Gasteiger partial charge in [0.05, 0.1) is 13.0 Å². The Bertz CT molecular complexity index is 782. The van der Waals surface area contributed by atoms with Crippen molar-refractivity contribution in [3.8, 4) is 5.75 Å². The van der Waals surface area contributed by atoms with Gasteiger partial charge in [0.15, 0.2) is 0 Å². The van der Waals surface area contributed by atoms with Gasteiger partial charge in [-0.2, -0.15) is 0 Å². The minimum Gasteiger partial charge on any atom is -0.497 e. The number of ether oxygens (including phenoxy) is 1. The molecule has 1 amide bonds. The molecule has 0 aliphatic heterocycles. The van der Waals surface area contributed by atoms with Crippen molar-refractivity contribution in [3.63, 3.8) is 0 Å². The predicted molar refractivity (Wildman–Crippen MR) is 98.0 cm³/mol. The maximum Gasteiger partial charge on any atom is 0.303 e. The molecule has 134 valence electrons. The van der Waals surface area contributed by atoms with Crippen LogP contribution in [0.2, 0.25) is 0 Å². The minimum absolute atomic E-state index is 0.0273. The van der Waals surface area contributed by atoms with E-state index >= 15 is 0 Å². The number of amides is 1. The molecular weight excluding hydrogens is 318 g/mol. The number of carbonyl (C=O) groups is 2. The fourth-order valence-corrected chi connectivity index (χ4v) is 2.71. The van der Waals surface area contributed by atoms with Gasteiger partial charge in [-0.05, 0) is 55.7 Å². The molecule has 2 rings (SSSR count). The summed E-state index contributed by atoms with van der Waals surface area (Å²) >= 11 is 0. The van der Waals surface area contributed by atoms with Crippen LogP contribution in [0.25, 0.3) is 10.8 Å². The maximum atomic E-state index is 12.6. The highest BCUT2D eigenvalue weighted by molar-refractivity contribution is 5.88. The summed E-state index contributed by atoms with van der Waals surface area (Å²) in [5.41, 5.74) is 0.359. The summed E-state index contributed by atoms with van der Waals surface area (Å²) in [5, 5.41) is 13.9. The molecule has 0 saturated heterocycles. The standard InChI is InChI=1S/C20H25NO4/c1-13(19(24)21-20(2,3)10-9-18(22)23)14-5-6-16-12-17(25-4)8-7-15(16)11-14/h5-8,11-13H,9-10H2,1-4H3,(H,21,24)(H,22,23)/t13-/m0/s1. The van der Waals surface area contributed by atoms with Crippen LogP contribution in [0.3, 0.4) is 0 Å². The van der Waals surface area contributed by atoms with Gasteiger partial charge in [0.2, 0.25) is 5.91 Å². The summed E-state index contributed by atoms with van der Waals surface area (Å²) in [4.78, 5) is 23.3. The van der Waals surface area contributed by atoms with Crippen LogP contribution in [0.1, 0.15) is 45.1 Å². The van der Waals surface area contributed by atoms with Gasteiger partial charge in [-0.3, -0.25) is 9.59 Å². The Kier molecular flexibility index (Phi) is 5.67. The van der Waals surface area contributed by atoms with Crippen molar-refractivity contribution in [2.45, 2.75) is 45.1 Å². The van der Waals surface area contributed by atoms with Crippen molar-refractivity contribution in [2.24, 2.45) is 0 Å². The van der Waals surface area contributed by atoms with Crippen LogP contribution in [0, 0.1) is 0 Å². The Labute approximate surface area is 148 Å². The smallest absolute Gasteiger partial charge is 0.303 e. The van der Waals surface area contributed by atoms with Gasteiger partial charge in [0.1, 0.15) is 5.75 Å². The molecule has 0 unspecified atom stereocenters. The van der Waals surface area contributed by atoms with E-state index in [0.717, 1.165) is 22.1 Å². The molecular formula is C20H25NO4. The number of hydrogen-bond donors (Lipinski definition) is 2. The van der Waals surface area contributed by atoms with Crippen LogP contribution in [0.5, 0.6) is 5.75 Å². The molecule has 25 heavy (non-hydrogen) atoms. The summed E-state index contributed by atoms with van der Waals surface area (Å²) < 4.78 is 5.23. The van der Waals surface area contributed by atoms with Crippen molar-refractivity contribution in [1.29, 1.82) is 0 Å². The van der Waals surface area contributed by atoms with E-state index in [9.17, 15) is 9.59 Å². The van der Waals surface area contributed by atoms with Gasteiger partial charge in [0, 0.05) is 12.0 Å². The van der Waals surface area contributed by atoms with E-state index < -0.39 is 11.5 Å². The molecule has 1 atom stereocenters. The minimum atomic E-state index is -0.861. The third kappa shape index (κ3) is 4.95. The van der Waals surface area contributed by atoms with Crippen LogP contribution in [0.4, 0.5) is 0 Å². The summed E-state index contributed by atoms with van der Waals surface area (Å²) in [7, 11) is 1.63. The molecule has 5 heteroatoms. The van der Waals surface area contributed by atoms with Gasteiger partial charge >= 0.3 is 5.97 Å². The number of carboxylic acids is 1. The zero-order valence-electron chi connectivity index (χ0n) is 15.1. The Morgan fingerprint density at radius 1 is 1.16 bits per heavy atom. The van der Waals surface area contributed by atoms with Crippen LogP contribution in [0.15, 0.2) is 36.4 Å². The lowest BCUT2D eigenvalue weighted by molar-refractivity contribution is -0.137. The molecule has 5 nitrogen and oxygen atoms in total. The fourth-order valence-electron chi connectivity index (χ4n) is 2.71. The van der Waals surface area contributed by atoms with Crippen LogP contribution >= 0.6 is 0 Å². The van der Waals surface area contributed by atoms with Crippen molar-refractivity contribution >= 4 is 22.6 Å². The molecule has 2 aromatic carbocycles. The third-order valence-electron chi connectivity index (χ3n) is 4.39. The largest absolute Gasteiger partial charge is 0.497 e. The Morgan fingerprint density at radius 3 is 2.44 bits per heavy atom. The van der Waals surface area contributed by atoms with Gasteiger partial charge in [-0.1, -0.05) is 24.3 Å². The second-order valence-electron chi connectivity index (χ2n) is 6.96. The highest BCUT2D eigenvalue weighted by atomic mass is 16.5. The number of carbonyl (C=O) groups excluding carboxylic acids is 1. The van der Waals surface area contributed by atoms with Crippen molar-refractivity contribution in [2.75, 3.05) is 7.11 Å². The zero-order chi connectivity index (χ0) is 18.6. The zero-order valence-corrected chi connectivity index (χ0v) is 15.1. The molecule has 0 radical (unpaired) electrons. The first-order valence-electron chi connectivity index (χ1n) is 8.33. The lowest BCUT2D eigenvalue weighted by Crippen LogP contribution is -2.45. The van der Waals surface area contributed by atoms with E-state index in [1.54, 1.807) is 7.11 Å². The molecule has 2 N–H and O–H groups in total. The van der Waals surface area contributed by atoms with Crippen molar-refractivity contribution in [3.05, 3.63) is 42.0 Å². The number of nitrogens with one attached hydrogen (secondary N) is 1. The molecule has 0 aliphatic rings. The van der Waals surface area contributed by atoms with Gasteiger partial charge in [-0.25, -0.2) is 0 Å². The number of methoxy groups -OCH3 is 1. The van der Waals surface area contributed by atoms with Crippen LogP contribution in [-0.2, 0) is 9.59 Å². The first-order chi connectivity index (χ1) is 11.7. The molecule has 0 aromatic heterocycles. The number of aliphatic carboxylic acids is 1.